The molecule has 0 atom stereocenters. The Bertz CT molecular complexity index is 1250. The average Bonchev–Trinajstić information content (AvgIpc) is 3.54. The molecule has 0 N–H and O–H groups in total. The van der Waals surface area contributed by atoms with Crippen LogP contribution in [0.15, 0.2) is 71.4 Å². The van der Waals surface area contributed by atoms with Crippen LogP contribution in [0, 0.1) is 6.92 Å². The van der Waals surface area contributed by atoms with Crippen LogP contribution in [0.25, 0.3) is 23.0 Å². The van der Waals surface area contributed by atoms with Crippen LogP contribution in [0.5, 0.6) is 5.75 Å². The third-order valence-corrected chi connectivity index (χ3v) is 6.16. The Morgan fingerprint density at radius 3 is 2.44 bits per heavy atom. The molecule has 0 spiro atoms. The molecule has 1 fully saturated rings. The molecule has 0 saturated carbocycles. The molecular formula is C26H27N5O3. The molecule has 5 rings (SSSR count). The minimum atomic E-state index is 0.0742. The van der Waals surface area contributed by atoms with E-state index in [1.807, 2.05) is 71.1 Å². The van der Waals surface area contributed by atoms with Crippen LogP contribution in [0.4, 0.5) is 5.69 Å². The Morgan fingerprint density at radius 2 is 1.74 bits per heavy atom. The Labute approximate surface area is 198 Å². The average molecular weight is 458 g/mol. The summed E-state index contributed by atoms with van der Waals surface area (Å²) in [7, 11) is 1.66. The maximum Gasteiger partial charge on any atom is 0.274 e. The number of carbonyl (C=O) groups excluding carboxylic acids is 1. The van der Waals surface area contributed by atoms with E-state index in [2.05, 4.69) is 27.2 Å². The maximum absolute atomic E-state index is 13.0. The number of piperazine rings is 1. The first-order valence-electron chi connectivity index (χ1n) is 11.3. The molecule has 3 heterocycles. The van der Waals surface area contributed by atoms with Crippen LogP contribution >= 0.6 is 0 Å². The van der Waals surface area contributed by atoms with E-state index in [0.717, 1.165) is 35.8 Å². The van der Waals surface area contributed by atoms with Crippen molar-refractivity contribution in [1.29, 1.82) is 0 Å². The number of rotatable bonds is 6. The van der Waals surface area contributed by atoms with Gasteiger partial charge >= 0.3 is 0 Å². The number of benzene rings is 2. The highest BCUT2D eigenvalue weighted by Gasteiger charge is 2.23. The van der Waals surface area contributed by atoms with Gasteiger partial charge in [-0.25, -0.2) is 0 Å². The van der Waals surface area contributed by atoms with Gasteiger partial charge in [0.15, 0.2) is 0 Å². The van der Waals surface area contributed by atoms with E-state index in [0.29, 0.717) is 24.8 Å². The lowest BCUT2D eigenvalue weighted by molar-refractivity contribution is -0.132. The number of nitrogens with zero attached hydrogens (tertiary/aromatic N) is 5. The van der Waals surface area contributed by atoms with Crippen molar-refractivity contribution in [2.75, 3.05) is 38.2 Å². The molecular weight excluding hydrogens is 430 g/mol. The summed E-state index contributed by atoms with van der Waals surface area (Å²) in [5, 5.41) is 4.12. The van der Waals surface area contributed by atoms with E-state index in [4.69, 9.17) is 9.26 Å². The SMILES string of the molecule is COc1ccc(N2CCN(C(=O)Cn3cccc3-c3nc(-c4ccc(C)cc4)no3)CC2)cc1. The number of aryl methyl sites for hydroxylation is 1. The minimum absolute atomic E-state index is 0.0742. The quantitative estimate of drug-likeness (QED) is 0.438. The van der Waals surface area contributed by atoms with Gasteiger partial charge in [0.1, 0.15) is 18.0 Å². The molecule has 0 bridgehead atoms. The monoisotopic (exact) mass is 457 g/mol. The van der Waals surface area contributed by atoms with Crippen LogP contribution in [-0.2, 0) is 11.3 Å². The Hall–Kier alpha value is -4.07. The molecule has 0 unspecified atom stereocenters. The Balaban J connectivity index is 1.22. The molecule has 1 aliphatic heterocycles. The van der Waals surface area contributed by atoms with E-state index in [9.17, 15) is 4.79 Å². The third kappa shape index (κ3) is 4.52. The first-order chi connectivity index (χ1) is 16.6. The highest BCUT2D eigenvalue weighted by atomic mass is 16.5. The summed E-state index contributed by atoms with van der Waals surface area (Å²) in [5.74, 6) is 1.85. The van der Waals surface area contributed by atoms with Crippen molar-refractivity contribution in [3.05, 3.63) is 72.4 Å². The van der Waals surface area contributed by atoms with Crippen molar-refractivity contribution in [2.45, 2.75) is 13.5 Å². The molecule has 1 aliphatic rings. The molecule has 8 nitrogen and oxygen atoms in total. The van der Waals surface area contributed by atoms with Crippen molar-refractivity contribution in [3.8, 4) is 28.7 Å². The second-order valence-electron chi connectivity index (χ2n) is 8.38. The minimum Gasteiger partial charge on any atom is -0.497 e. The number of aromatic nitrogens is 3. The van der Waals surface area contributed by atoms with E-state index >= 15 is 0 Å². The van der Waals surface area contributed by atoms with Crippen LogP contribution in [-0.4, -0.2) is 58.8 Å². The van der Waals surface area contributed by atoms with Gasteiger partial charge in [0.2, 0.25) is 11.7 Å². The van der Waals surface area contributed by atoms with Crippen LogP contribution in [0.1, 0.15) is 5.56 Å². The molecule has 1 amide bonds. The number of methoxy groups -OCH3 is 1. The maximum atomic E-state index is 13.0. The summed E-state index contributed by atoms with van der Waals surface area (Å²) >= 11 is 0. The summed E-state index contributed by atoms with van der Waals surface area (Å²) in [4.78, 5) is 21.8. The highest BCUT2D eigenvalue weighted by Crippen LogP contribution is 2.24. The molecule has 4 aromatic rings. The number of hydrogen-bond donors (Lipinski definition) is 0. The lowest BCUT2D eigenvalue weighted by Crippen LogP contribution is -2.49. The van der Waals surface area contributed by atoms with Crippen molar-refractivity contribution >= 4 is 11.6 Å². The van der Waals surface area contributed by atoms with Gasteiger partial charge in [-0.05, 0) is 43.3 Å². The van der Waals surface area contributed by atoms with Gasteiger partial charge in [-0.3, -0.25) is 4.79 Å². The van der Waals surface area contributed by atoms with Crippen LogP contribution in [0.2, 0.25) is 0 Å². The van der Waals surface area contributed by atoms with Gasteiger partial charge in [-0.1, -0.05) is 35.0 Å². The predicted octanol–water partition coefficient (Wildman–Crippen LogP) is 3.87. The lowest BCUT2D eigenvalue weighted by Gasteiger charge is -2.36. The van der Waals surface area contributed by atoms with Crippen molar-refractivity contribution in [1.82, 2.24) is 19.6 Å². The zero-order chi connectivity index (χ0) is 23.5. The molecule has 2 aromatic carbocycles. The standard InChI is InChI=1S/C26H27N5O3/c1-19-5-7-20(8-6-19)25-27-26(34-28-25)23-4-3-13-31(23)18-24(32)30-16-14-29(15-17-30)21-9-11-22(33-2)12-10-21/h3-13H,14-18H2,1-2H3. The molecule has 0 radical (unpaired) electrons. The fourth-order valence-corrected chi connectivity index (χ4v) is 4.15. The van der Waals surface area contributed by atoms with Gasteiger partial charge in [0.25, 0.3) is 5.89 Å². The number of amides is 1. The van der Waals surface area contributed by atoms with Gasteiger partial charge < -0.3 is 23.6 Å². The molecule has 8 heteroatoms. The lowest BCUT2D eigenvalue weighted by atomic mass is 10.1. The van der Waals surface area contributed by atoms with Gasteiger partial charge in [0, 0.05) is 43.6 Å². The van der Waals surface area contributed by atoms with Gasteiger partial charge in [-0.2, -0.15) is 4.98 Å². The fourth-order valence-electron chi connectivity index (χ4n) is 4.15. The second kappa shape index (κ2) is 9.43. The van der Waals surface area contributed by atoms with Crippen molar-refractivity contribution < 1.29 is 14.1 Å². The summed E-state index contributed by atoms with van der Waals surface area (Å²) in [6, 6.07) is 19.8. The third-order valence-electron chi connectivity index (χ3n) is 6.16. The zero-order valence-corrected chi connectivity index (χ0v) is 19.3. The molecule has 0 aliphatic carbocycles. The number of ether oxygens (including phenoxy) is 1. The van der Waals surface area contributed by atoms with Gasteiger partial charge in [0.05, 0.1) is 7.11 Å². The largest absolute Gasteiger partial charge is 0.497 e. The second-order valence-corrected chi connectivity index (χ2v) is 8.38. The predicted molar refractivity (Wildman–Crippen MR) is 130 cm³/mol. The Kier molecular flexibility index (Phi) is 6.03. The van der Waals surface area contributed by atoms with Gasteiger partial charge in [-0.15, -0.1) is 0 Å². The molecule has 1 saturated heterocycles. The zero-order valence-electron chi connectivity index (χ0n) is 19.3. The first kappa shape index (κ1) is 21.8. The van der Waals surface area contributed by atoms with Crippen LogP contribution in [0.3, 0.4) is 0 Å². The van der Waals surface area contributed by atoms with E-state index in [-0.39, 0.29) is 12.5 Å². The summed E-state index contributed by atoms with van der Waals surface area (Å²) < 4.78 is 12.6. The highest BCUT2D eigenvalue weighted by molar-refractivity contribution is 5.77. The van der Waals surface area contributed by atoms with E-state index < -0.39 is 0 Å². The van der Waals surface area contributed by atoms with Crippen LogP contribution < -0.4 is 9.64 Å². The normalized spacial score (nSPS) is 13.8. The van der Waals surface area contributed by atoms with Crippen molar-refractivity contribution in [2.24, 2.45) is 0 Å². The van der Waals surface area contributed by atoms with E-state index in [1.165, 1.54) is 5.56 Å². The summed E-state index contributed by atoms with van der Waals surface area (Å²) in [5.41, 5.74) is 3.94. The Morgan fingerprint density at radius 1 is 1.00 bits per heavy atom. The number of anilines is 1. The molecule has 174 valence electrons. The molecule has 34 heavy (non-hydrogen) atoms. The number of hydrogen-bond acceptors (Lipinski definition) is 6. The summed E-state index contributed by atoms with van der Waals surface area (Å²) in [6.45, 7) is 5.21. The smallest absolute Gasteiger partial charge is 0.274 e. The topological polar surface area (TPSA) is 76.6 Å². The first-order valence-corrected chi connectivity index (χ1v) is 11.3. The van der Waals surface area contributed by atoms with E-state index in [1.54, 1.807) is 7.11 Å². The fraction of sp³-hybridized carbons (Fsp3) is 0.269. The molecule has 2 aromatic heterocycles. The number of carbonyl (C=O) groups is 1. The van der Waals surface area contributed by atoms with Crippen molar-refractivity contribution in [3.63, 3.8) is 0 Å². The summed E-state index contributed by atoms with van der Waals surface area (Å²) in [6.07, 6.45) is 1.87.